The van der Waals surface area contributed by atoms with Crippen molar-refractivity contribution in [2.45, 2.75) is 31.6 Å². The fraction of sp³-hybridized carbons (Fsp3) is 0.385. The van der Waals surface area contributed by atoms with Crippen LogP contribution in [0.2, 0.25) is 0 Å². The minimum atomic E-state index is -0.358. The normalized spacial score (nSPS) is 19.8. The van der Waals surface area contributed by atoms with Crippen molar-refractivity contribution >= 4 is 33.3 Å². The van der Waals surface area contributed by atoms with E-state index in [0.717, 1.165) is 35.0 Å². The molecule has 1 N–H and O–H groups in total. The highest BCUT2D eigenvalue weighted by molar-refractivity contribution is 9.10. The van der Waals surface area contributed by atoms with E-state index >= 15 is 0 Å². The Morgan fingerprint density at radius 1 is 1.41 bits per heavy atom. The second kappa shape index (κ2) is 3.42. The minimum absolute atomic E-state index is 0.0299. The third kappa shape index (κ3) is 1.33. The van der Waals surface area contributed by atoms with Crippen molar-refractivity contribution in [1.82, 2.24) is 0 Å². The topological polar surface area (TPSA) is 46.2 Å². The number of halogens is 1. The van der Waals surface area contributed by atoms with Crippen molar-refractivity contribution in [3.8, 4) is 0 Å². The van der Waals surface area contributed by atoms with Crippen molar-refractivity contribution in [3.05, 3.63) is 27.7 Å². The van der Waals surface area contributed by atoms with Crippen LogP contribution in [0.4, 0.5) is 5.69 Å². The molecule has 1 saturated carbocycles. The van der Waals surface area contributed by atoms with Gasteiger partial charge in [0.2, 0.25) is 5.91 Å². The zero-order valence-corrected chi connectivity index (χ0v) is 11.1. The summed E-state index contributed by atoms with van der Waals surface area (Å²) >= 11 is 3.43. The lowest BCUT2D eigenvalue weighted by atomic mass is 9.65. The summed E-state index contributed by atoms with van der Waals surface area (Å²) in [5.74, 6) is 0.113. The Bertz CT molecular complexity index is 547. The molecule has 3 nitrogen and oxygen atoms in total. The third-order valence-electron chi connectivity index (χ3n) is 3.89. The van der Waals surface area contributed by atoms with Crippen LogP contribution in [0.25, 0.3) is 0 Å². The van der Waals surface area contributed by atoms with Gasteiger partial charge in [-0.15, -0.1) is 0 Å². The Kier molecular flexibility index (Phi) is 2.20. The van der Waals surface area contributed by atoms with Crippen molar-refractivity contribution in [2.24, 2.45) is 0 Å². The number of hydrogen-bond donors (Lipinski definition) is 1. The summed E-state index contributed by atoms with van der Waals surface area (Å²) in [5.41, 5.74) is 2.15. The van der Waals surface area contributed by atoms with Crippen LogP contribution < -0.4 is 5.32 Å². The SMILES string of the molecule is CC(=O)c1cc(Br)c2c(c1)C1(CCC1)C(=O)N2. The summed E-state index contributed by atoms with van der Waals surface area (Å²) in [6, 6.07) is 3.65. The maximum Gasteiger partial charge on any atom is 0.235 e. The molecule has 0 atom stereocenters. The molecular weight excluding hydrogens is 282 g/mol. The summed E-state index contributed by atoms with van der Waals surface area (Å²) in [4.78, 5) is 23.5. The molecule has 1 spiro atoms. The molecule has 0 unspecified atom stereocenters. The molecule has 0 aromatic heterocycles. The number of ketones is 1. The third-order valence-corrected chi connectivity index (χ3v) is 4.52. The van der Waals surface area contributed by atoms with Gasteiger partial charge in [0.25, 0.3) is 0 Å². The number of fused-ring (bicyclic) bond motifs is 2. The minimum Gasteiger partial charge on any atom is -0.324 e. The Morgan fingerprint density at radius 3 is 2.65 bits per heavy atom. The number of rotatable bonds is 1. The fourth-order valence-electron chi connectivity index (χ4n) is 2.70. The van der Waals surface area contributed by atoms with E-state index in [4.69, 9.17) is 0 Å². The zero-order chi connectivity index (χ0) is 12.2. The van der Waals surface area contributed by atoms with Gasteiger partial charge in [0.1, 0.15) is 0 Å². The summed E-state index contributed by atoms with van der Waals surface area (Å²) in [6.45, 7) is 1.55. The molecule has 0 bridgehead atoms. The van der Waals surface area contributed by atoms with Crippen LogP contribution in [0.5, 0.6) is 0 Å². The molecule has 88 valence electrons. The lowest BCUT2D eigenvalue weighted by Gasteiger charge is -2.36. The van der Waals surface area contributed by atoms with E-state index < -0.39 is 0 Å². The van der Waals surface area contributed by atoms with E-state index in [0.29, 0.717) is 5.56 Å². The molecule has 0 saturated heterocycles. The van der Waals surface area contributed by atoms with Gasteiger partial charge in [-0.05, 0) is 53.4 Å². The van der Waals surface area contributed by atoms with Gasteiger partial charge in [0, 0.05) is 10.0 Å². The molecule has 3 rings (SSSR count). The largest absolute Gasteiger partial charge is 0.324 e. The van der Waals surface area contributed by atoms with Crippen LogP contribution in [0.15, 0.2) is 16.6 Å². The molecule has 4 heteroatoms. The van der Waals surface area contributed by atoms with Crippen molar-refractivity contribution in [1.29, 1.82) is 0 Å². The Morgan fingerprint density at radius 2 is 2.12 bits per heavy atom. The average Bonchev–Trinajstić information content (AvgIpc) is 2.50. The Hall–Kier alpha value is -1.16. The standard InChI is InChI=1S/C13H12BrNO2/c1-7(16)8-5-9-11(10(14)6-8)15-12(17)13(9)3-2-4-13/h5-6H,2-4H2,1H3,(H,15,17). The van der Waals surface area contributed by atoms with Crippen LogP contribution in [0.1, 0.15) is 42.1 Å². The molecule has 1 fully saturated rings. The number of carbonyl (C=O) groups is 2. The molecule has 0 radical (unpaired) electrons. The molecule has 1 aromatic rings. The zero-order valence-electron chi connectivity index (χ0n) is 9.47. The van der Waals surface area contributed by atoms with Crippen molar-refractivity contribution in [3.63, 3.8) is 0 Å². The molecule has 17 heavy (non-hydrogen) atoms. The molecule has 1 aliphatic heterocycles. The van der Waals surface area contributed by atoms with Gasteiger partial charge in [0.05, 0.1) is 11.1 Å². The number of carbonyl (C=O) groups excluding carboxylic acids is 2. The molecule has 1 aromatic carbocycles. The van der Waals surface area contributed by atoms with E-state index in [1.807, 2.05) is 6.07 Å². The summed E-state index contributed by atoms with van der Waals surface area (Å²) in [6.07, 6.45) is 2.86. The van der Waals surface area contributed by atoms with Gasteiger partial charge < -0.3 is 5.32 Å². The van der Waals surface area contributed by atoms with E-state index in [9.17, 15) is 9.59 Å². The Balaban J connectivity index is 2.22. The van der Waals surface area contributed by atoms with Gasteiger partial charge in [-0.25, -0.2) is 0 Å². The highest BCUT2D eigenvalue weighted by Gasteiger charge is 2.51. The highest BCUT2D eigenvalue weighted by Crippen LogP contribution is 2.53. The number of benzene rings is 1. The number of nitrogens with one attached hydrogen (secondary N) is 1. The first-order valence-corrected chi connectivity index (χ1v) is 6.50. The van der Waals surface area contributed by atoms with Gasteiger partial charge in [0.15, 0.2) is 5.78 Å². The number of hydrogen-bond acceptors (Lipinski definition) is 2. The Labute approximate surface area is 108 Å². The van der Waals surface area contributed by atoms with Gasteiger partial charge in [-0.2, -0.15) is 0 Å². The van der Waals surface area contributed by atoms with E-state index in [-0.39, 0.29) is 17.1 Å². The van der Waals surface area contributed by atoms with Gasteiger partial charge in [-0.1, -0.05) is 6.42 Å². The number of amides is 1. The first-order valence-electron chi connectivity index (χ1n) is 5.71. The summed E-state index contributed by atoms with van der Waals surface area (Å²) in [7, 11) is 0. The van der Waals surface area contributed by atoms with E-state index in [1.165, 1.54) is 0 Å². The monoisotopic (exact) mass is 293 g/mol. The average molecular weight is 294 g/mol. The van der Waals surface area contributed by atoms with Crippen LogP contribution in [-0.2, 0) is 10.2 Å². The lowest BCUT2D eigenvalue weighted by molar-refractivity contribution is -0.123. The molecular formula is C13H12BrNO2. The quantitative estimate of drug-likeness (QED) is 0.809. The van der Waals surface area contributed by atoms with E-state index in [1.54, 1.807) is 13.0 Å². The predicted octanol–water partition coefficient (Wildman–Crippen LogP) is 3.03. The lowest BCUT2D eigenvalue weighted by Crippen LogP contribution is -2.40. The molecule has 1 amide bonds. The van der Waals surface area contributed by atoms with Crippen molar-refractivity contribution in [2.75, 3.05) is 5.32 Å². The summed E-state index contributed by atoms with van der Waals surface area (Å²) in [5, 5.41) is 2.93. The highest BCUT2D eigenvalue weighted by atomic mass is 79.9. The van der Waals surface area contributed by atoms with E-state index in [2.05, 4.69) is 21.2 Å². The maximum absolute atomic E-state index is 12.1. The second-order valence-electron chi connectivity index (χ2n) is 4.83. The second-order valence-corrected chi connectivity index (χ2v) is 5.68. The van der Waals surface area contributed by atoms with Crippen LogP contribution >= 0.6 is 15.9 Å². The fourth-order valence-corrected chi connectivity index (χ4v) is 3.26. The molecule has 1 aliphatic carbocycles. The maximum atomic E-state index is 12.1. The number of Topliss-reactive ketones (excluding diaryl/α,β-unsaturated/α-hetero) is 1. The van der Waals surface area contributed by atoms with Crippen LogP contribution in [-0.4, -0.2) is 11.7 Å². The first kappa shape index (κ1) is 11.0. The van der Waals surface area contributed by atoms with Gasteiger partial charge >= 0.3 is 0 Å². The summed E-state index contributed by atoms with van der Waals surface area (Å²) < 4.78 is 0.803. The van der Waals surface area contributed by atoms with Crippen LogP contribution in [0.3, 0.4) is 0 Å². The molecule has 1 heterocycles. The van der Waals surface area contributed by atoms with Crippen LogP contribution in [0, 0.1) is 0 Å². The number of anilines is 1. The van der Waals surface area contributed by atoms with Gasteiger partial charge in [-0.3, -0.25) is 9.59 Å². The van der Waals surface area contributed by atoms with Crippen molar-refractivity contribution < 1.29 is 9.59 Å². The molecule has 2 aliphatic rings. The predicted molar refractivity (Wildman–Crippen MR) is 68.3 cm³/mol. The smallest absolute Gasteiger partial charge is 0.235 e. The first-order chi connectivity index (χ1) is 8.04.